The topological polar surface area (TPSA) is 98.6 Å². The molecule has 2 N–H and O–H groups in total. The largest absolute Gasteiger partial charge is 0.281 e. The van der Waals surface area contributed by atoms with Crippen molar-refractivity contribution < 1.29 is 8.42 Å². The lowest BCUT2D eigenvalue weighted by atomic mass is 10.2. The van der Waals surface area contributed by atoms with E-state index in [1.54, 1.807) is 25.1 Å². The van der Waals surface area contributed by atoms with Crippen molar-refractivity contribution in [3.63, 3.8) is 0 Å². The fourth-order valence-corrected chi connectivity index (χ4v) is 2.70. The van der Waals surface area contributed by atoms with Crippen LogP contribution in [0.4, 0.5) is 5.69 Å². The Labute approximate surface area is 104 Å². The van der Waals surface area contributed by atoms with Gasteiger partial charge in [-0.1, -0.05) is 12.1 Å². The summed E-state index contributed by atoms with van der Waals surface area (Å²) in [5, 5.41) is 15.1. The summed E-state index contributed by atoms with van der Waals surface area (Å²) in [4.78, 5) is 0.0650. The minimum Gasteiger partial charge on any atom is -0.281 e. The summed E-state index contributed by atoms with van der Waals surface area (Å²) in [6.07, 6.45) is 1.23. The highest BCUT2D eigenvalue weighted by atomic mass is 32.2. The first-order valence-electron chi connectivity index (χ1n) is 5.06. The molecule has 0 fully saturated rings. The number of hydrogen-bond donors (Lipinski definition) is 2. The van der Waals surface area contributed by atoms with Gasteiger partial charge < -0.3 is 0 Å². The van der Waals surface area contributed by atoms with Crippen LogP contribution in [0.15, 0.2) is 35.4 Å². The average molecular weight is 262 g/mol. The molecule has 0 aliphatic carbocycles. The molecule has 92 valence electrons. The molecule has 0 aliphatic rings. The van der Waals surface area contributed by atoms with Gasteiger partial charge in [-0.3, -0.25) is 9.82 Å². The van der Waals surface area contributed by atoms with E-state index in [4.69, 9.17) is 5.26 Å². The number of H-pyrrole nitrogens is 1. The summed E-state index contributed by atoms with van der Waals surface area (Å²) in [6.45, 7) is 1.61. The van der Waals surface area contributed by atoms with Crippen molar-refractivity contribution >= 4 is 15.7 Å². The lowest BCUT2D eigenvalue weighted by Gasteiger charge is -2.08. The Balaban J connectivity index is 2.41. The highest BCUT2D eigenvalue weighted by Gasteiger charge is 2.19. The molecule has 0 unspecified atom stereocenters. The molecule has 6 nitrogen and oxygen atoms in total. The Morgan fingerprint density at radius 3 is 2.72 bits per heavy atom. The normalized spacial score (nSPS) is 10.9. The summed E-state index contributed by atoms with van der Waals surface area (Å²) in [5.74, 6) is 0. The van der Waals surface area contributed by atoms with Gasteiger partial charge in [0.1, 0.15) is 11.0 Å². The van der Waals surface area contributed by atoms with Crippen LogP contribution in [-0.2, 0) is 10.0 Å². The van der Waals surface area contributed by atoms with Crippen LogP contribution in [0.25, 0.3) is 0 Å². The van der Waals surface area contributed by atoms with E-state index in [1.165, 1.54) is 12.3 Å². The van der Waals surface area contributed by atoms with Gasteiger partial charge in [0.2, 0.25) is 0 Å². The van der Waals surface area contributed by atoms with E-state index >= 15 is 0 Å². The van der Waals surface area contributed by atoms with E-state index in [2.05, 4.69) is 14.9 Å². The number of aryl methyl sites for hydroxylation is 1. The van der Waals surface area contributed by atoms with Crippen molar-refractivity contribution in [3.8, 4) is 6.07 Å². The van der Waals surface area contributed by atoms with Gasteiger partial charge in [-0.05, 0) is 19.1 Å². The zero-order valence-electron chi connectivity index (χ0n) is 9.51. The second-order valence-corrected chi connectivity index (χ2v) is 5.27. The number of aromatic nitrogens is 2. The van der Waals surface area contributed by atoms with Gasteiger partial charge in [-0.25, -0.2) is 8.42 Å². The summed E-state index contributed by atoms with van der Waals surface area (Å²) in [7, 11) is -3.73. The Hall–Kier alpha value is -2.33. The molecule has 0 saturated carbocycles. The Morgan fingerprint density at radius 2 is 2.11 bits per heavy atom. The molecule has 0 amide bonds. The predicted octanol–water partition coefficient (Wildman–Crippen LogP) is 1.39. The van der Waals surface area contributed by atoms with Crippen LogP contribution in [0.2, 0.25) is 0 Å². The molecule has 7 heteroatoms. The van der Waals surface area contributed by atoms with Crippen molar-refractivity contribution in [2.24, 2.45) is 0 Å². The van der Waals surface area contributed by atoms with Gasteiger partial charge in [-0.2, -0.15) is 10.4 Å². The van der Waals surface area contributed by atoms with Gasteiger partial charge in [0.05, 0.1) is 23.1 Å². The van der Waals surface area contributed by atoms with Gasteiger partial charge in [0, 0.05) is 0 Å². The van der Waals surface area contributed by atoms with Crippen molar-refractivity contribution in [3.05, 3.63) is 41.7 Å². The summed E-state index contributed by atoms with van der Waals surface area (Å²) in [5.41, 5.74) is 0.958. The molecule has 0 radical (unpaired) electrons. The zero-order valence-corrected chi connectivity index (χ0v) is 10.3. The van der Waals surface area contributed by atoms with E-state index in [-0.39, 0.29) is 16.1 Å². The van der Waals surface area contributed by atoms with Crippen molar-refractivity contribution in [1.29, 1.82) is 5.26 Å². The van der Waals surface area contributed by atoms with Crippen LogP contribution in [-0.4, -0.2) is 18.6 Å². The van der Waals surface area contributed by atoms with E-state index in [0.717, 1.165) is 0 Å². The fourth-order valence-electron chi connectivity index (χ4n) is 1.48. The number of nitrogens with zero attached hydrogens (tertiary/aromatic N) is 2. The third-order valence-electron chi connectivity index (χ3n) is 2.37. The van der Waals surface area contributed by atoms with E-state index in [0.29, 0.717) is 5.69 Å². The number of hydrogen-bond acceptors (Lipinski definition) is 4. The minimum atomic E-state index is -3.73. The standard InChI is InChI=1S/C11H10N4O2S/c1-8-11(7-13-14-8)18(16,17)15-10-5-3-2-4-9(10)6-12/h2-5,7,15H,1H3,(H,13,14). The Kier molecular flexibility index (Phi) is 3.04. The van der Waals surface area contributed by atoms with Crippen molar-refractivity contribution in [1.82, 2.24) is 10.2 Å². The Bertz CT molecular complexity index is 713. The van der Waals surface area contributed by atoms with Crippen LogP contribution in [0.5, 0.6) is 0 Å². The monoisotopic (exact) mass is 262 g/mol. The molecule has 1 aromatic carbocycles. The summed E-state index contributed by atoms with van der Waals surface area (Å²) < 4.78 is 26.5. The number of nitriles is 1. The smallest absolute Gasteiger partial charge is 0.265 e. The van der Waals surface area contributed by atoms with Gasteiger partial charge in [0.15, 0.2) is 0 Å². The lowest BCUT2D eigenvalue weighted by Crippen LogP contribution is -2.14. The second-order valence-electron chi connectivity index (χ2n) is 3.62. The minimum absolute atomic E-state index is 0.0650. The predicted molar refractivity (Wildman–Crippen MR) is 65.3 cm³/mol. The van der Waals surface area contributed by atoms with Gasteiger partial charge >= 0.3 is 0 Å². The van der Waals surface area contributed by atoms with Crippen molar-refractivity contribution in [2.75, 3.05) is 4.72 Å². The second kappa shape index (κ2) is 4.50. The van der Waals surface area contributed by atoms with E-state index < -0.39 is 10.0 Å². The van der Waals surface area contributed by atoms with Crippen LogP contribution in [0, 0.1) is 18.3 Å². The number of benzene rings is 1. The summed E-state index contributed by atoms with van der Waals surface area (Å²) in [6, 6.07) is 8.32. The lowest BCUT2D eigenvalue weighted by molar-refractivity contribution is 0.600. The van der Waals surface area contributed by atoms with E-state index in [1.807, 2.05) is 6.07 Å². The molecule has 0 saturated heterocycles. The molecular formula is C11H10N4O2S. The van der Waals surface area contributed by atoms with E-state index in [9.17, 15) is 8.42 Å². The molecular weight excluding hydrogens is 252 g/mol. The van der Waals surface area contributed by atoms with Gasteiger partial charge in [-0.15, -0.1) is 0 Å². The SMILES string of the molecule is Cc1[nH]ncc1S(=O)(=O)Nc1ccccc1C#N. The molecule has 0 aliphatic heterocycles. The maximum absolute atomic E-state index is 12.1. The first-order valence-corrected chi connectivity index (χ1v) is 6.55. The number of rotatable bonds is 3. The number of sulfonamides is 1. The molecule has 1 heterocycles. The maximum atomic E-state index is 12.1. The Morgan fingerprint density at radius 1 is 1.39 bits per heavy atom. The fraction of sp³-hybridized carbons (Fsp3) is 0.0909. The molecule has 0 spiro atoms. The van der Waals surface area contributed by atoms with Crippen molar-refractivity contribution in [2.45, 2.75) is 11.8 Å². The molecule has 0 atom stereocenters. The molecule has 1 aromatic heterocycles. The maximum Gasteiger partial charge on any atom is 0.265 e. The van der Waals surface area contributed by atoms with Crippen LogP contribution in [0.3, 0.4) is 0 Å². The van der Waals surface area contributed by atoms with Crippen LogP contribution in [0.1, 0.15) is 11.3 Å². The third kappa shape index (κ3) is 2.19. The molecule has 0 bridgehead atoms. The number of anilines is 1. The molecule has 18 heavy (non-hydrogen) atoms. The van der Waals surface area contributed by atoms with Crippen LogP contribution < -0.4 is 4.72 Å². The van der Waals surface area contributed by atoms with Gasteiger partial charge in [0.25, 0.3) is 10.0 Å². The summed E-state index contributed by atoms with van der Waals surface area (Å²) >= 11 is 0. The first-order chi connectivity index (χ1) is 8.54. The number of para-hydroxylation sites is 1. The first kappa shape index (κ1) is 12.1. The third-order valence-corrected chi connectivity index (χ3v) is 3.84. The molecule has 2 aromatic rings. The quantitative estimate of drug-likeness (QED) is 0.873. The highest BCUT2D eigenvalue weighted by Crippen LogP contribution is 2.20. The number of aromatic amines is 1. The van der Waals surface area contributed by atoms with Crippen LogP contribution >= 0.6 is 0 Å². The highest BCUT2D eigenvalue weighted by molar-refractivity contribution is 7.92. The number of nitrogens with one attached hydrogen (secondary N) is 2. The molecule has 2 rings (SSSR count). The average Bonchev–Trinajstić information content (AvgIpc) is 2.76. The zero-order chi connectivity index (χ0) is 13.2.